The third-order valence-corrected chi connectivity index (χ3v) is 8.46. The lowest BCUT2D eigenvalue weighted by Gasteiger charge is -2.40. The Morgan fingerprint density at radius 2 is 1.64 bits per heavy atom. The summed E-state index contributed by atoms with van der Waals surface area (Å²) in [5, 5.41) is 5.03. The summed E-state index contributed by atoms with van der Waals surface area (Å²) in [6.07, 6.45) is -2.14. The van der Waals surface area contributed by atoms with E-state index in [4.69, 9.17) is 4.42 Å². The van der Waals surface area contributed by atoms with E-state index in [0.717, 1.165) is 0 Å². The standard InChI is InChI=1S/C33H33F4N7O3/c1-21-20-43(31(46)40-26-10-6-5-9-25(26)34)17-18-44(21)27-12-11-24(19-38-27)39-30(45)28-29(33(35,36)37)41-32(47-28)42-15-13-23(14-16-42)22-7-3-2-4-8-22/h2-12,19,21,23H,13-18,20H2,1H3,(H,39,45)(H,40,46). The van der Waals surface area contributed by atoms with Crippen LogP contribution in [0.2, 0.25) is 0 Å². The Bertz CT molecular complexity index is 1710. The number of para-hydroxylation sites is 1. The van der Waals surface area contributed by atoms with E-state index < -0.39 is 35.4 Å². The molecule has 2 aromatic heterocycles. The molecule has 4 aromatic rings. The van der Waals surface area contributed by atoms with E-state index in [9.17, 15) is 27.2 Å². The molecular weight excluding hydrogens is 618 g/mol. The Hall–Kier alpha value is -5.14. The van der Waals surface area contributed by atoms with Crippen molar-refractivity contribution < 1.29 is 31.6 Å². The molecule has 4 heterocycles. The third-order valence-electron chi connectivity index (χ3n) is 8.46. The average Bonchev–Trinajstić information content (AvgIpc) is 3.54. The molecule has 2 aromatic carbocycles. The highest BCUT2D eigenvalue weighted by atomic mass is 19.4. The molecule has 0 saturated carbocycles. The minimum atomic E-state index is -4.90. The number of anilines is 4. The van der Waals surface area contributed by atoms with E-state index >= 15 is 0 Å². The zero-order valence-electron chi connectivity index (χ0n) is 25.5. The number of hydrogen-bond donors (Lipinski definition) is 2. The maximum atomic E-state index is 14.0. The summed E-state index contributed by atoms with van der Waals surface area (Å²) in [4.78, 5) is 39.0. The van der Waals surface area contributed by atoms with Gasteiger partial charge in [0.25, 0.3) is 11.9 Å². The molecule has 0 radical (unpaired) electrons. The van der Waals surface area contributed by atoms with Crippen molar-refractivity contribution in [1.29, 1.82) is 0 Å². The number of benzene rings is 2. The Morgan fingerprint density at radius 1 is 0.915 bits per heavy atom. The highest BCUT2D eigenvalue weighted by Crippen LogP contribution is 2.36. The number of pyridine rings is 1. The van der Waals surface area contributed by atoms with Crippen molar-refractivity contribution in [2.45, 2.75) is 37.9 Å². The fourth-order valence-corrected chi connectivity index (χ4v) is 5.98. The number of hydrogen-bond acceptors (Lipinski definition) is 7. The number of carbonyl (C=O) groups is 2. The van der Waals surface area contributed by atoms with Crippen LogP contribution in [0.3, 0.4) is 0 Å². The van der Waals surface area contributed by atoms with Crippen LogP contribution in [0.15, 0.2) is 77.3 Å². The van der Waals surface area contributed by atoms with Crippen LogP contribution in [0.25, 0.3) is 0 Å². The maximum Gasteiger partial charge on any atom is 0.437 e. The lowest BCUT2D eigenvalue weighted by atomic mass is 9.90. The molecule has 0 bridgehead atoms. The first-order valence-corrected chi connectivity index (χ1v) is 15.3. The number of nitrogens with zero attached hydrogens (tertiary/aromatic N) is 5. The topological polar surface area (TPSA) is 107 Å². The van der Waals surface area contributed by atoms with Gasteiger partial charge in [-0.05, 0) is 55.5 Å². The first-order chi connectivity index (χ1) is 22.6. The molecule has 2 N–H and O–H groups in total. The molecule has 0 aliphatic carbocycles. The van der Waals surface area contributed by atoms with Crippen molar-refractivity contribution in [1.82, 2.24) is 14.9 Å². The molecule has 14 heteroatoms. The molecule has 2 aliphatic heterocycles. The maximum absolute atomic E-state index is 14.0. The van der Waals surface area contributed by atoms with Gasteiger partial charge in [-0.15, -0.1) is 0 Å². The highest BCUT2D eigenvalue weighted by Gasteiger charge is 2.42. The Labute approximate surface area is 268 Å². The van der Waals surface area contributed by atoms with Crippen LogP contribution in [-0.4, -0.2) is 65.6 Å². The number of amides is 3. The van der Waals surface area contributed by atoms with Gasteiger partial charge in [0.05, 0.1) is 17.6 Å². The van der Waals surface area contributed by atoms with Crippen molar-refractivity contribution in [2.24, 2.45) is 0 Å². The minimum absolute atomic E-state index is 0.0965. The van der Waals surface area contributed by atoms with E-state index in [1.165, 1.54) is 36.0 Å². The van der Waals surface area contributed by atoms with Crippen molar-refractivity contribution in [3.63, 3.8) is 0 Å². The van der Waals surface area contributed by atoms with Crippen LogP contribution < -0.4 is 20.4 Å². The number of piperazine rings is 1. The lowest BCUT2D eigenvalue weighted by Crippen LogP contribution is -2.55. The second-order valence-electron chi connectivity index (χ2n) is 11.6. The van der Waals surface area contributed by atoms with Gasteiger partial charge in [-0.1, -0.05) is 42.5 Å². The molecule has 2 saturated heterocycles. The molecule has 6 rings (SSSR count). The van der Waals surface area contributed by atoms with Crippen LogP contribution in [0.4, 0.5) is 45.6 Å². The average molecular weight is 652 g/mol. The fraction of sp³-hybridized carbons (Fsp3) is 0.333. The largest absolute Gasteiger partial charge is 0.437 e. The summed E-state index contributed by atoms with van der Waals surface area (Å²) in [6, 6.07) is 18.2. The summed E-state index contributed by atoms with van der Waals surface area (Å²) >= 11 is 0. The minimum Gasteiger partial charge on any atom is -0.417 e. The van der Waals surface area contributed by atoms with Gasteiger partial charge in [0.15, 0.2) is 5.69 Å². The molecule has 1 atom stereocenters. The normalized spacial score (nSPS) is 17.5. The fourth-order valence-electron chi connectivity index (χ4n) is 5.98. The second kappa shape index (κ2) is 13.3. The number of piperidine rings is 1. The predicted octanol–water partition coefficient (Wildman–Crippen LogP) is 6.61. The number of urea groups is 1. The summed E-state index contributed by atoms with van der Waals surface area (Å²) in [5.74, 6) is -1.70. The zero-order chi connectivity index (χ0) is 33.1. The number of carbonyl (C=O) groups excluding carboxylic acids is 2. The third kappa shape index (κ3) is 7.16. The molecule has 2 aliphatic rings. The van der Waals surface area contributed by atoms with Gasteiger partial charge in [-0.3, -0.25) is 4.79 Å². The number of rotatable bonds is 6. The number of oxazole rings is 1. The molecule has 1 unspecified atom stereocenters. The Balaban J connectivity index is 1.08. The zero-order valence-corrected chi connectivity index (χ0v) is 25.5. The van der Waals surface area contributed by atoms with Gasteiger partial charge in [0.2, 0.25) is 5.76 Å². The van der Waals surface area contributed by atoms with Gasteiger partial charge in [-0.2, -0.15) is 18.2 Å². The summed E-state index contributed by atoms with van der Waals surface area (Å²) < 4.78 is 61.2. The summed E-state index contributed by atoms with van der Waals surface area (Å²) in [7, 11) is 0. The van der Waals surface area contributed by atoms with Crippen molar-refractivity contribution >= 4 is 35.1 Å². The Morgan fingerprint density at radius 3 is 2.30 bits per heavy atom. The second-order valence-corrected chi connectivity index (χ2v) is 11.6. The van der Waals surface area contributed by atoms with Gasteiger partial charge >= 0.3 is 12.2 Å². The van der Waals surface area contributed by atoms with Crippen LogP contribution in [0.1, 0.15) is 47.5 Å². The molecule has 3 amide bonds. The first-order valence-electron chi connectivity index (χ1n) is 15.3. The molecule has 246 valence electrons. The SMILES string of the molecule is CC1CN(C(=O)Nc2ccccc2F)CCN1c1ccc(NC(=O)c2oc(N3CCC(c4ccccc4)CC3)nc2C(F)(F)F)cn1. The van der Waals surface area contributed by atoms with E-state index in [2.05, 4.69) is 20.6 Å². The van der Waals surface area contributed by atoms with Gasteiger partial charge in [-0.25, -0.2) is 14.2 Å². The van der Waals surface area contributed by atoms with Gasteiger partial charge < -0.3 is 29.8 Å². The lowest BCUT2D eigenvalue weighted by molar-refractivity contribution is -0.141. The van der Waals surface area contributed by atoms with E-state index in [1.54, 1.807) is 21.9 Å². The molecule has 2 fully saturated rings. The smallest absolute Gasteiger partial charge is 0.417 e. The summed E-state index contributed by atoms with van der Waals surface area (Å²) in [5.41, 5.74) is 0.0600. The summed E-state index contributed by atoms with van der Waals surface area (Å²) in [6.45, 7) is 3.91. The first kappa shape index (κ1) is 31.8. The van der Waals surface area contributed by atoms with Crippen molar-refractivity contribution in [2.75, 3.05) is 53.2 Å². The highest BCUT2D eigenvalue weighted by molar-refractivity contribution is 6.03. The van der Waals surface area contributed by atoms with E-state index in [1.807, 2.05) is 42.2 Å². The molecular formula is C33H33F4N7O3. The van der Waals surface area contributed by atoms with Crippen LogP contribution >= 0.6 is 0 Å². The number of alkyl halides is 3. The monoisotopic (exact) mass is 651 g/mol. The molecule has 10 nitrogen and oxygen atoms in total. The van der Waals surface area contributed by atoms with Gasteiger partial charge in [0, 0.05) is 38.8 Å². The Kier molecular flexibility index (Phi) is 9.01. The van der Waals surface area contributed by atoms with Crippen molar-refractivity contribution in [3.05, 3.63) is 95.8 Å². The molecule has 47 heavy (non-hydrogen) atoms. The quantitative estimate of drug-likeness (QED) is 0.226. The van der Waals surface area contributed by atoms with Crippen LogP contribution in [0.5, 0.6) is 0 Å². The van der Waals surface area contributed by atoms with E-state index in [0.29, 0.717) is 51.4 Å². The van der Waals surface area contributed by atoms with Gasteiger partial charge in [0.1, 0.15) is 11.6 Å². The van der Waals surface area contributed by atoms with E-state index in [-0.39, 0.29) is 29.3 Å². The predicted molar refractivity (Wildman–Crippen MR) is 168 cm³/mol. The van der Waals surface area contributed by atoms with Crippen LogP contribution in [-0.2, 0) is 6.18 Å². The number of nitrogens with one attached hydrogen (secondary N) is 2. The number of aromatic nitrogens is 2. The van der Waals surface area contributed by atoms with Crippen LogP contribution in [0, 0.1) is 5.82 Å². The van der Waals surface area contributed by atoms with Crippen molar-refractivity contribution in [3.8, 4) is 0 Å². The number of halogens is 4. The molecule has 0 spiro atoms.